The summed E-state index contributed by atoms with van der Waals surface area (Å²) >= 11 is 0. The van der Waals surface area contributed by atoms with Crippen molar-refractivity contribution >= 4 is 11.9 Å². The Morgan fingerprint density at radius 2 is 1.96 bits per heavy atom. The third-order valence-electron chi connectivity index (χ3n) is 7.85. The zero-order chi connectivity index (χ0) is 17.0. The van der Waals surface area contributed by atoms with Crippen molar-refractivity contribution in [3.05, 3.63) is 22.8 Å². The van der Waals surface area contributed by atoms with Crippen molar-refractivity contribution in [3.8, 4) is 0 Å². The molecule has 0 N–H and O–H groups in total. The molecule has 6 bridgehead atoms. The van der Waals surface area contributed by atoms with Gasteiger partial charge in [0.2, 0.25) is 0 Å². The van der Waals surface area contributed by atoms with Crippen molar-refractivity contribution in [2.75, 3.05) is 0 Å². The third kappa shape index (κ3) is 1.22. The molecule has 2 aliphatic carbocycles. The number of rotatable bonds is 0. The lowest BCUT2D eigenvalue weighted by Gasteiger charge is -2.59. The molecule has 8 rings (SSSR count). The fraction of sp³-hybridized carbons (Fsp3) is 0.700. The number of hydrogen-bond acceptors (Lipinski definition) is 4. The number of hydrogen-bond donors (Lipinski definition) is 0. The summed E-state index contributed by atoms with van der Waals surface area (Å²) in [5, 5.41) is 0. The summed E-state index contributed by atoms with van der Waals surface area (Å²) < 4.78 is 12.3. The Morgan fingerprint density at radius 1 is 1.21 bits per heavy atom. The lowest BCUT2D eigenvalue weighted by molar-refractivity contribution is -0.242. The molecule has 4 fully saturated rings. The minimum Gasteiger partial charge on any atom is -0.457 e. The van der Waals surface area contributed by atoms with Crippen LogP contribution in [-0.4, -0.2) is 23.6 Å². The maximum absolute atomic E-state index is 13.3. The Labute approximate surface area is 142 Å². The van der Waals surface area contributed by atoms with E-state index in [0.29, 0.717) is 0 Å². The van der Waals surface area contributed by atoms with Crippen molar-refractivity contribution in [2.24, 2.45) is 29.1 Å². The topological polar surface area (TPSA) is 52.6 Å². The van der Waals surface area contributed by atoms with Gasteiger partial charge in [-0.3, -0.25) is 9.59 Å². The molecular weight excluding hydrogens is 304 g/mol. The Kier molecular flexibility index (Phi) is 2.55. The molecule has 3 saturated heterocycles. The van der Waals surface area contributed by atoms with Gasteiger partial charge in [-0.1, -0.05) is 25.5 Å². The molecule has 0 amide bonds. The molecule has 0 aromatic carbocycles. The van der Waals surface area contributed by atoms with Crippen LogP contribution in [0.1, 0.15) is 47.0 Å². The summed E-state index contributed by atoms with van der Waals surface area (Å²) in [5.41, 5.74) is 1.79. The molecule has 1 saturated carbocycles. The van der Waals surface area contributed by atoms with Crippen LogP contribution < -0.4 is 0 Å². The van der Waals surface area contributed by atoms with E-state index in [1.165, 1.54) is 11.1 Å². The van der Waals surface area contributed by atoms with E-state index in [-0.39, 0.29) is 35.8 Å². The fourth-order valence-corrected chi connectivity index (χ4v) is 6.79. The van der Waals surface area contributed by atoms with Crippen LogP contribution in [0.3, 0.4) is 0 Å². The Morgan fingerprint density at radius 3 is 2.71 bits per heavy atom. The first-order chi connectivity index (χ1) is 11.4. The van der Waals surface area contributed by atoms with Crippen LogP contribution in [0.15, 0.2) is 22.8 Å². The highest BCUT2D eigenvalue weighted by Gasteiger charge is 2.80. The second-order valence-electron chi connectivity index (χ2n) is 8.55. The Hall–Kier alpha value is -1.58. The number of esters is 2. The Balaban J connectivity index is 1.91. The SMILES string of the molecule is CC1=C2CC3[C@H](C)[C@@]24C(=O)OC13[C@H]1OC(=O)[C@H]4/C(C)=C\CC[C@@H]1C. The second-order valence-corrected chi connectivity index (χ2v) is 8.55. The van der Waals surface area contributed by atoms with Gasteiger partial charge in [-0.25, -0.2) is 0 Å². The highest BCUT2D eigenvalue weighted by atomic mass is 16.6. The molecule has 8 aliphatic rings. The van der Waals surface area contributed by atoms with Gasteiger partial charge >= 0.3 is 11.9 Å². The average molecular weight is 328 g/mol. The molecule has 6 aliphatic heterocycles. The van der Waals surface area contributed by atoms with E-state index in [9.17, 15) is 9.59 Å². The minimum absolute atomic E-state index is 0.131. The van der Waals surface area contributed by atoms with Gasteiger partial charge in [0, 0.05) is 5.92 Å². The highest BCUT2D eigenvalue weighted by Crippen LogP contribution is 2.73. The average Bonchev–Trinajstić information content (AvgIpc) is 2.94. The summed E-state index contributed by atoms with van der Waals surface area (Å²) in [7, 11) is 0. The minimum atomic E-state index is -0.827. The molecule has 4 nitrogen and oxygen atoms in total. The van der Waals surface area contributed by atoms with E-state index < -0.39 is 16.9 Å². The van der Waals surface area contributed by atoms with Crippen LogP contribution in [0.5, 0.6) is 0 Å². The standard InChI is InChI=1S/C20H24O4/c1-9-6-5-7-10(2)16-20-12(4)13-8-14(20)11(3)19(13,18(22)24-20)15(9)17(21)23-16/h6,10-11,14-16H,5,7-8H2,1-4H3/b9-6-/t10-,11-,14?,15+,16-,19+,20?/m0/s1. The molecule has 2 spiro atoms. The van der Waals surface area contributed by atoms with Crippen molar-refractivity contribution < 1.29 is 19.1 Å². The summed E-state index contributed by atoms with van der Waals surface area (Å²) in [5.74, 6) is -0.386. The van der Waals surface area contributed by atoms with Gasteiger partial charge < -0.3 is 9.47 Å². The monoisotopic (exact) mass is 328 g/mol. The van der Waals surface area contributed by atoms with E-state index >= 15 is 0 Å². The first-order valence-electron chi connectivity index (χ1n) is 9.18. The molecule has 6 heterocycles. The molecule has 0 aromatic rings. The smallest absolute Gasteiger partial charge is 0.318 e. The summed E-state index contributed by atoms with van der Waals surface area (Å²) in [4.78, 5) is 26.4. The lowest BCUT2D eigenvalue weighted by atomic mass is 9.53. The van der Waals surface area contributed by atoms with E-state index in [1.54, 1.807) is 0 Å². The summed E-state index contributed by atoms with van der Waals surface area (Å²) in [6.45, 7) is 8.37. The number of allylic oxidation sites excluding steroid dienone is 1. The van der Waals surface area contributed by atoms with Gasteiger partial charge in [0.25, 0.3) is 0 Å². The van der Waals surface area contributed by atoms with Gasteiger partial charge in [0.15, 0.2) is 5.60 Å². The molecule has 0 aromatic heterocycles. The van der Waals surface area contributed by atoms with Crippen molar-refractivity contribution in [2.45, 2.75) is 58.7 Å². The zero-order valence-electron chi connectivity index (χ0n) is 14.7. The van der Waals surface area contributed by atoms with E-state index in [0.717, 1.165) is 24.8 Å². The van der Waals surface area contributed by atoms with E-state index in [4.69, 9.17) is 9.47 Å². The van der Waals surface area contributed by atoms with Gasteiger partial charge in [-0.15, -0.1) is 0 Å². The van der Waals surface area contributed by atoms with Crippen LogP contribution in [0.25, 0.3) is 0 Å². The third-order valence-corrected chi connectivity index (χ3v) is 7.85. The van der Waals surface area contributed by atoms with E-state index in [1.807, 2.05) is 6.92 Å². The number of carbonyl (C=O) groups is 2. The quantitative estimate of drug-likeness (QED) is 0.506. The molecule has 0 radical (unpaired) electrons. The highest BCUT2D eigenvalue weighted by molar-refractivity contribution is 5.95. The van der Waals surface area contributed by atoms with Crippen LogP contribution in [0, 0.1) is 29.1 Å². The lowest BCUT2D eigenvalue weighted by Crippen LogP contribution is -2.70. The van der Waals surface area contributed by atoms with Crippen molar-refractivity contribution in [1.82, 2.24) is 0 Å². The van der Waals surface area contributed by atoms with E-state index in [2.05, 4.69) is 26.8 Å². The molecule has 24 heavy (non-hydrogen) atoms. The fourth-order valence-electron chi connectivity index (χ4n) is 6.79. The van der Waals surface area contributed by atoms with Crippen molar-refractivity contribution in [3.63, 3.8) is 0 Å². The van der Waals surface area contributed by atoms with Crippen LogP contribution in [-0.2, 0) is 19.1 Å². The first-order valence-corrected chi connectivity index (χ1v) is 9.18. The van der Waals surface area contributed by atoms with Gasteiger partial charge in [0.05, 0.1) is 5.92 Å². The normalized spacial score (nSPS) is 53.8. The predicted molar refractivity (Wildman–Crippen MR) is 86.8 cm³/mol. The van der Waals surface area contributed by atoms with Crippen LogP contribution in [0.2, 0.25) is 0 Å². The molecule has 2 unspecified atom stereocenters. The predicted octanol–water partition coefficient (Wildman–Crippen LogP) is 3.17. The Bertz CT molecular complexity index is 747. The summed E-state index contributed by atoms with van der Waals surface area (Å²) in [6, 6.07) is 0. The van der Waals surface area contributed by atoms with Gasteiger partial charge in [-0.05, 0) is 56.1 Å². The maximum Gasteiger partial charge on any atom is 0.318 e. The van der Waals surface area contributed by atoms with Crippen molar-refractivity contribution in [1.29, 1.82) is 0 Å². The molecule has 128 valence electrons. The second kappa shape index (κ2) is 4.14. The van der Waals surface area contributed by atoms with Gasteiger partial charge in [0.1, 0.15) is 11.5 Å². The first kappa shape index (κ1) is 14.7. The largest absolute Gasteiger partial charge is 0.457 e. The zero-order valence-corrected chi connectivity index (χ0v) is 14.7. The van der Waals surface area contributed by atoms with Crippen LogP contribution in [0.4, 0.5) is 0 Å². The number of carbonyl (C=O) groups excluding carboxylic acids is 2. The van der Waals surface area contributed by atoms with Crippen LogP contribution >= 0.6 is 0 Å². The summed E-state index contributed by atoms with van der Waals surface area (Å²) in [6.07, 6.45) is 4.53. The molecule has 4 heteroatoms. The number of ether oxygens (including phenoxy) is 2. The molecule has 7 atom stereocenters. The maximum atomic E-state index is 13.3. The molecular formula is C20H24O4. The van der Waals surface area contributed by atoms with Gasteiger partial charge in [-0.2, -0.15) is 0 Å².